The van der Waals surface area contributed by atoms with Crippen LogP contribution >= 0.6 is 0 Å². The summed E-state index contributed by atoms with van der Waals surface area (Å²) in [5.74, 6) is 1.22. The van der Waals surface area contributed by atoms with Crippen molar-refractivity contribution in [3.05, 3.63) is 72.8 Å². The van der Waals surface area contributed by atoms with E-state index in [4.69, 9.17) is 20.3 Å². The quantitative estimate of drug-likeness (QED) is 0.292. The topological polar surface area (TPSA) is 106 Å². The van der Waals surface area contributed by atoms with E-state index in [1.165, 1.54) is 37.7 Å². The van der Waals surface area contributed by atoms with Crippen LogP contribution in [0.2, 0.25) is 0 Å². The van der Waals surface area contributed by atoms with Crippen LogP contribution in [0.25, 0.3) is 22.3 Å². The van der Waals surface area contributed by atoms with E-state index in [-0.39, 0.29) is 6.61 Å². The SMILES string of the molecule is Cn1cncc1COc1cc(F)cc(Oc2ccc(-c3nn(C4CCCCC4)c4ncnc(N)c34)cc2)c1. The number of hydrogen-bond donors (Lipinski definition) is 1. The maximum atomic E-state index is 14.3. The van der Waals surface area contributed by atoms with Crippen LogP contribution in [0.1, 0.15) is 43.8 Å². The Morgan fingerprint density at radius 1 is 1.00 bits per heavy atom. The average Bonchev–Trinajstić information content (AvgIpc) is 3.52. The molecule has 2 aromatic carbocycles. The van der Waals surface area contributed by atoms with Gasteiger partial charge in [0.2, 0.25) is 0 Å². The molecule has 1 fully saturated rings. The number of benzene rings is 2. The molecular formula is C28H28FN7O2. The number of fused-ring (bicyclic) bond motifs is 1. The maximum absolute atomic E-state index is 14.3. The van der Waals surface area contributed by atoms with Crippen molar-refractivity contribution in [3.8, 4) is 28.5 Å². The molecule has 0 amide bonds. The van der Waals surface area contributed by atoms with Gasteiger partial charge in [-0.1, -0.05) is 19.3 Å². The molecule has 0 radical (unpaired) electrons. The fraction of sp³-hybridized carbons (Fsp3) is 0.286. The van der Waals surface area contributed by atoms with Crippen molar-refractivity contribution >= 4 is 16.9 Å². The summed E-state index contributed by atoms with van der Waals surface area (Å²) in [6.45, 7) is 0.266. The first kappa shape index (κ1) is 23.9. The lowest BCUT2D eigenvalue weighted by molar-refractivity contribution is 0.294. The van der Waals surface area contributed by atoms with E-state index in [0.29, 0.717) is 29.1 Å². The molecule has 0 aliphatic heterocycles. The molecule has 2 N–H and O–H groups in total. The highest BCUT2D eigenvalue weighted by Gasteiger charge is 2.23. The van der Waals surface area contributed by atoms with Gasteiger partial charge in [-0.15, -0.1) is 0 Å². The van der Waals surface area contributed by atoms with Crippen molar-refractivity contribution in [1.82, 2.24) is 29.3 Å². The minimum atomic E-state index is -0.450. The Labute approximate surface area is 219 Å². The molecule has 1 aliphatic rings. The summed E-state index contributed by atoms with van der Waals surface area (Å²) < 4.78 is 29.9. The molecule has 6 rings (SSSR count). The number of ether oxygens (including phenoxy) is 2. The molecule has 0 unspecified atom stereocenters. The van der Waals surface area contributed by atoms with Crippen LogP contribution in [0, 0.1) is 5.82 Å². The molecule has 38 heavy (non-hydrogen) atoms. The van der Waals surface area contributed by atoms with Gasteiger partial charge in [-0.05, 0) is 37.1 Å². The number of rotatable bonds is 7. The Balaban J connectivity index is 1.24. The third-order valence-corrected chi connectivity index (χ3v) is 6.95. The number of anilines is 1. The molecule has 3 heterocycles. The van der Waals surface area contributed by atoms with Crippen LogP contribution in [0.5, 0.6) is 17.2 Å². The molecule has 10 heteroatoms. The minimum absolute atomic E-state index is 0.266. The van der Waals surface area contributed by atoms with E-state index < -0.39 is 5.82 Å². The third kappa shape index (κ3) is 4.77. The zero-order valence-electron chi connectivity index (χ0n) is 21.0. The van der Waals surface area contributed by atoms with Gasteiger partial charge in [-0.3, -0.25) is 0 Å². The highest BCUT2D eigenvalue weighted by atomic mass is 19.1. The molecule has 0 spiro atoms. The van der Waals surface area contributed by atoms with Gasteiger partial charge in [-0.25, -0.2) is 24.0 Å². The molecule has 1 aliphatic carbocycles. The summed E-state index contributed by atoms with van der Waals surface area (Å²) in [5.41, 5.74) is 9.53. The number of nitrogens with two attached hydrogens (primary N) is 1. The van der Waals surface area contributed by atoms with E-state index in [0.717, 1.165) is 40.8 Å². The van der Waals surface area contributed by atoms with Crippen molar-refractivity contribution in [2.45, 2.75) is 44.8 Å². The van der Waals surface area contributed by atoms with Gasteiger partial charge in [0.25, 0.3) is 0 Å². The van der Waals surface area contributed by atoms with Gasteiger partial charge in [0.15, 0.2) is 5.65 Å². The van der Waals surface area contributed by atoms with Gasteiger partial charge in [-0.2, -0.15) is 5.10 Å². The van der Waals surface area contributed by atoms with Crippen molar-refractivity contribution in [2.75, 3.05) is 5.73 Å². The summed E-state index contributed by atoms with van der Waals surface area (Å²) >= 11 is 0. The molecule has 0 bridgehead atoms. The number of imidazole rings is 1. The Kier molecular flexibility index (Phi) is 6.36. The lowest BCUT2D eigenvalue weighted by atomic mass is 9.96. The highest BCUT2D eigenvalue weighted by molar-refractivity contribution is 5.98. The minimum Gasteiger partial charge on any atom is -0.487 e. The van der Waals surface area contributed by atoms with E-state index in [1.54, 1.807) is 18.6 Å². The van der Waals surface area contributed by atoms with E-state index in [2.05, 4.69) is 15.0 Å². The number of nitrogen functional groups attached to an aromatic ring is 1. The summed E-state index contributed by atoms with van der Waals surface area (Å²) in [7, 11) is 1.88. The Morgan fingerprint density at radius 2 is 1.79 bits per heavy atom. The summed E-state index contributed by atoms with van der Waals surface area (Å²) in [5, 5.41) is 5.71. The van der Waals surface area contributed by atoms with Gasteiger partial charge in [0.1, 0.15) is 47.5 Å². The van der Waals surface area contributed by atoms with Crippen LogP contribution in [-0.4, -0.2) is 29.3 Å². The molecule has 1 saturated carbocycles. The molecule has 5 aromatic rings. The second kappa shape index (κ2) is 10.1. The fourth-order valence-corrected chi connectivity index (χ4v) is 4.95. The summed E-state index contributed by atoms with van der Waals surface area (Å²) in [6, 6.07) is 12.1. The van der Waals surface area contributed by atoms with Gasteiger partial charge < -0.3 is 19.8 Å². The molecule has 0 saturated heterocycles. The predicted octanol–water partition coefficient (Wildman–Crippen LogP) is 5.82. The van der Waals surface area contributed by atoms with Crippen molar-refractivity contribution in [2.24, 2.45) is 7.05 Å². The van der Waals surface area contributed by atoms with Crippen molar-refractivity contribution in [1.29, 1.82) is 0 Å². The zero-order chi connectivity index (χ0) is 26.1. The van der Waals surface area contributed by atoms with Crippen molar-refractivity contribution < 1.29 is 13.9 Å². The van der Waals surface area contributed by atoms with Crippen LogP contribution in [0.4, 0.5) is 10.2 Å². The Hall–Kier alpha value is -4.47. The second-order valence-electron chi connectivity index (χ2n) is 9.58. The lowest BCUT2D eigenvalue weighted by Crippen LogP contribution is -2.14. The highest BCUT2D eigenvalue weighted by Crippen LogP contribution is 2.36. The lowest BCUT2D eigenvalue weighted by Gasteiger charge is -2.22. The van der Waals surface area contributed by atoms with E-state index in [1.807, 2.05) is 40.6 Å². The Morgan fingerprint density at radius 3 is 2.55 bits per heavy atom. The number of aromatic nitrogens is 6. The van der Waals surface area contributed by atoms with Crippen LogP contribution in [-0.2, 0) is 13.7 Å². The third-order valence-electron chi connectivity index (χ3n) is 6.95. The van der Waals surface area contributed by atoms with Crippen LogP contribution in [0.3, 0.4) is 0 Å². The molecule has 3 aromatic heterocycles. The normalized spacial score (nSPS) is 14.2. The fourth-order valence-electron chi connectivity index (χ4n) is 4.95. The second-order valence-corrected chi connectivity index (χ2v) is 9.58. The molecule has 9 nitrogen and oxygen atoms in total. The smallest absolute Gasteiger partial charge is 0.164 e. The number of nitrogens with zero attached hydrogens (tertiary/aromatic N) is 6. The Bertz CT molecular complexity index is 1570. The molecule has 194 valence electrons. The standard InChI is InChI=1S/C28H28FN7O2/c1-35-17-31-14-21(35)15-37-23-11-19(29)12-24(13-23)38-22-9-7-18(8-10-22)26-25-27(30)32-16-33-28(25)36(34-26)20-5-3-2-4-6-20/h7-14,16-17,20H,2-6,15H2,1H3,(H2,30,32,33). The predicted molar refractivity (Wildman–Crippen MR) is 141 cm³/mol. The largest absolute Gasteiger partial charge is 0.487 e. The van der Waals surface area contributed by atoms with E-state index >= 15 is 0 Å². The van der Waals surface area contributed by atoms with E-state index in [9.17, 15) is 4.39 Å². The molecule has 0 atom stereocenters. The number of aryl methyl sites for hydroxylation is 1. The monoisotopic (exact) mass is 513 g/mol. The summed E-state index contributed by atoms with van der Waals surface area (Å²) in [6.07, 6.45) is 10.7. The maximum Gasteiger partial charge on any atom is 0.164 e. The van der Waals surface area contributed by atoms with Gasteiger partial charge >= 0.3 is 0 Å². The van der Waals surface area contributed by atoms with Crippen molar-refractivity contribution in [3.63, 3.8) is 0 Å². The number of halogens is 1. The summed E-state index contributed by atoms with van der Waals surface area (Å²) in [4.78, 5) is 12.8. The number of hydrogen-bond acceptors (Lipinski definition) is 7. The van der Waals surface area contributed by atoms with Crippen LogP contribution in [0.15, 0.2) is 61.3 Å². The average molecular weight is 514 g/mol. The van der Waals surface area contributed by atoms with Gasteiger partial charge in [0.05, 0.1) is 29.6 Å². The zero-order valence-corrected chi connectivity index (χ0v) is 21.0. The molecular weight excluding hydrogens is 485 g/mol. The first-order valence-electron chi connectivity index (χ1n) is 12.7. The first-order chi connectivity index (χ1) is 18.5. The first-order valence-corrected chi connectivity index (χ1v) is 12.7. The van der Waals surface area contributed by atoms with Crippen LogP contribution < -0.4 is 15.2 Å². The van der Waals surface area contributed by atoms with Gasteiger partial charge in [0, 0.05) is 30.8 Å².